The monoisotopic (exact) mass is 201 g/mol. The van der Waals surface area contributed by atoms with E-state index >= 15 is 0 Å². The van der Waals surface area contributed by atoms with E-state index in [4.69, 9.17) is 0 Å². The first-order valence-electron chi connectivity index (χ1n) is 4.08. The predicted octanol–water partition coefficient (Wildman–Crippen LogP) is 0.661. The fraction of sp³-hybridized carbons (Fsp3) is 0.625. The van der Waals surface area contributed by atoms with Crippen molar-refractivity contribution in [1.29, 1.82) is 0 Å². The molecule has 1 fully saturated rings. The van der Waals surface area contributed by atoms with Gasteiger partial charge in [-0.2, -0.15) is 4.99 Å². The lowest BCUT2D eigenvalue weighted by atomic mass is 10.0. The summed E-state index contributed by atoms with van der Waals surface area (Å²) in [6, 6.07) is 0. The zero-order valence-electron chi connectivity index (χ0n) is 7.14. The minimum Gasteiger partial charge on any atom is -0.229 e. The van der Waals surface area contributed by atoms with Crippen molar-refractivity contribution in [2.75, 3.05) is 11.5 Å². The van der Waals surface area contributed by atoms with Gasteiger partial charge < -0.3 is 0 Å². The van der Waals surface area contributed by atoms with Crippen LogP contribution in [0.2, 0.25) is 0 Å². The van der Waals surface area contributed by atoms with E-state index in [1.165, 1.54) is 12.3 Å². The number of isocyanates is 1. The Hall–Kier alpha value is -0.930. The summed E-state index contributed by atoms with van der Waals surface area (Å²) in [6.45, 7) is 0. The van der Waals surface area contributed by atoms with Crippen LogP contribution in [0.5, 0.6) is 0 Å². The van der Waals surface area contributed by atoms with Crippen molar-refractivity contribution in [1.82, 2.24) is 0 Å². The van der Waals surface area contributed by atoms with Crippen molar-refractivity contribution < 1.29 is 13.2 Å². The third-order valence-electron chi connectivity index (χ3n) is 2.08. The fourth-order valence-electron chi connectivity index (χ4n) is 1.30. The molecule has 13 heavy (non-hydrogen) atoms. The molecule has 0 unspecified atom stereocenters. The molecule has 0 atom stereocenters. The minimum atomic E-state index is -2.79. The Morgan fingerprint density at radius 2 is 1.92 bits per heavy atom. The van der Waals surface area contributed by atoms with Crippen LogP contribution in [0.3, 0.4) is 0 Å². The highest BCUT2D eigenvalue weighted by atomic mass is 32.2. The molecule has 1 rings (SSSR count). The molecule has 1 heterocycles. The van der Waals surface area contributed by atoms with Crippen molar-refractivity contribution in [3.05, 3.63) is 12.3 Å². The number of sulfone groups is 1. The molecule has 0 aromatic carbocycles. The van der Waals surface area contributed by atoms with Crippen LogP contribution in [0.15, 0.2) is 17.3 Å². The number of nitrogens with zero attached hydrogens (tertiary/aromatic N) is 1. The Balaban J connectivity index is 2.46. The van der Waals surface area contributed by atoms with Crippen molar-refractivity contribution in [2.45, 2.75) is 12.8 Å². The second-order valence-corrected chi connectivity index (χ2v) is 5.35. The number of aliphatic imine (C=N–C) groups is 1. The summed E-state index contributed by atoms with van der Waals surface area (Å²) in [5.41, 5.74) is 0. The molecule has 1 aliphatic heterocycles. The van der Waals surface area contributed by atoms with E-state index in [1.54, 1.807) is 6.08 Å². The smallest absolute Gasteiger partial charge is 0.229 e. The first-order valence-corrected chi connectivity index (χ1v) is 5.90. The van der Waals surface area contributed by atoms with Crippen LogP contribution in [0, 0.1) is 5.92 Å². The number of hydrogen-bond donors (Lipinski definition) is 0. The van der Waals surface area contributed by atoms with Gasteiger partial charge in [-0.3, -0.25) is 0 Å². The van der Waals surface area contributed by atoms with Gasteiger partial charge in [0.25, 0.3) is 0 Å². The maximum absolute atomic E-state index is 11.0. The molecule has 0 aromatic rings. The molecule has 4 nitrogen and oxygen atoms in total. The van der Waals surface area contributed by atoms with Crippen LogP contribution in [-0.4, -0.2) is 26.0 Å². The van der Waals surface area contributed by atoms with Gasteiger partial charge in [-0.25, -0.2) is 13.2 Å². The van der Waals surface area contributed by atoms with Gasteiger partial charge in [0.1, 0.15) is 9.84 Å². The molecule has 1 aliphatic rings. The normalized spacial score (nSPS) is 22.8. The standard InChI is InChI=1S/C8H11NO3S/c10-7-9-4-1-8-2-5-13(11,12)6-3-8/h1,4,8H,2-3,5-6H2/b4-1-. The van der Waals surface area contributed by atoms with Crippen LogP contribution in [-0.2, 0) is 14.6 Å². The lowest BCUT2D eigenvalue weighted by Gasteiger charge is -2.17. The van der Waals surface area contributed by atoms with Gasteiger partial charge in [0.15, 0.2) is 0 Å². The molecule has 72 valence electrons. The van der Waals surface area contributed by atoms with E-state index < -0.39 is 9.84 Å². The number of allylic oxidation sites excluding steroid dienone is 1. The van der Waals surface area contributed by atoms with Crippen LogP contribution in [0.25, 0.3) is 0 Å². The number of carbonyl (C=O) groups excluding carboxylic acids is 1. The van der Waals surface area contributed by atoms with Crippen molar-refractivity contribution in [2.24, 2.45) is 10.9 Å². The highest BCUT2D eigenvalue weighted by Crippen LogP contribution is 2.19. The zero-order valence-corrected chi connectivity index (χ0v) is 7.96. The predicted molar refractivity (Wildman–Crippen MR) is 48.6 cm³/mol. The van der Waals surface area contributed by atoms with Crippen molar-refractivity contribution in [3.8, 4) is 0 Å². The summed E-state index contributed by atoms with van der Waals surface area (Å²) in [5, 5.41) is 0. The highest BCUT2D eigenvalue weighted by Gasteiger charge is 2.21. The average molecular weight is 201 g/mol. The molecular weight excluding hydrogens is 190 g/mol. The van der Waals surface area contributed by atoms with Crippen LogP contribution in [0.1, 0.15) is 12.8 Å². The second kappa shape index (κ2) is 4.35. The van der Waals surface area contributed by atoms with Gasteiger partial charge in [-0.1, -0.05) is 6.08 Å². The van der Waals surface area contributed by atoms with Gasteiger partial charge in [0, 0.05) is 6.20 Å². The summed E-state index contributed by atoms with van der Waals surface area (Å²) < 4.78 is 22.0. The van der Waals surface area contributed by atoms with E-state index in [1.807, 2.05) is 0 Å². The van der Waals surface area contributed by atoms with E-state index in [0.717, 1.165) is 0 Å². The zero-order chi connectivity index (χ0) is 9.73. The first-order chi connectivity index (χ1) is 6.14. The van der Waals surface area contributed by atoms with E-state index in [0.29, 0.717) is 12.8 Å². The van der Waals surface area contributed by atoms with E-state index in [9.17, 15) is 13.2 Å². The molecule has 0 spiro atoms. The van der Waals surface area contributed by atoms with Gasteiger partial charge in [0.2, 0.25) is 6.08 Å². The largest absolute Gasteiger partial charge is 0.239 e. The molecule has 0 radical (unpaired) electrons. The number of rotatable bonds is 2. The van der Waals surface area contributed by atoms with Crippen molar-refractivity contribution in [3.63, 3.8) is 0 Å². The molecule has 0 bridgehead atoms. The van der Waals surface area contributed by atoms with Gasteiger partial charge in [0.05, 0.1) is 11.5 Å². The molecule has 5 heteroatoms. The maximum Gasteiger partial charge on any atom is 0.239 e. The Labute approximate surface area is 77.3 Å². The topological polar surface area (TPSA) is 63.6 Å². The fourth-order valence-corrected chi connectivity index (χ4v) is 2.82. The lowest BCUT2D eigenvalue weighted by Crippen LogP contribution is -2.22. The maximum atomic E-state index is 11.0. The van der Waals surface area contributed by atoms with Gasteiger partial charge in [-0.05, 0) is 18.8 Å². The minimum absolute atomic E-state index is 0.237. The summed E-state index contributed by atoms with van der Waals surface area (Å²) in [4.78, 5) is 13.0. The van der Waals surface area contributed by atoms with E-state index in [-0.39, 0.29) is 17.4 Å². The SMILES string of the molecule is O=C=N/C=C\C1CCS(=O)(=O)CC1. The average Bonchev–Trinajstić information content (AvgIpc) is 2.08. The summed E-state index contributed by atoms with van der Waals surface area (Å²) in [6.07, 6.45) is 5.81. The lowest BCUT2D eigenvalue weighted by molar-refractivity contribution is 0.534. The quantitative estimate of drug-likeness (QED) is 0.487. The summed E-state index contributed by atoms with van der Waals surface area (Å²) in [5.74, 6) is 0.722. The van der Waals surface area contributed by atoms with Gasteiger partial charge >= 0.3 is 0 Å². The summed E-state index contributed by atoms with van der Waals surface area (Å²) in [7, 11) is -2.79. The van der Waals surface area contributed by atoms with Crippen LogP contribution < -0.4 is 0 Å². The second-order valence-electron chi connectivity index (χ2n) is 3.05. The third kappa shape index (κ3) is 3.53. The molecule has 0 amide bonds. The van der Waals surface area contributed by atoms with Crippen molar-refractivity contribution >= 4 is 15.9 Å². The Kier molecular flexibility index (Phi) is 3.39. The molecule has 0 aromatic heterocycles. The Morgan fingerprint density at radius 1 is 1.31 bits per heavy atom. The third-order valence-corrected chi connectivity index (χ3v) is 3.80. The molecular formula is C8H11NO3S. The molecule has 0 aliphatic carbocycles. The van der Waals surface area contributed by atoms with E-state index in [2.05, 4.69) is 4.99 Å². The van der Waals surface area contributed by atoms with Crippen LogP contribution in [0.4, 0.5) is 0 Å². The highest BCUT2D eigenvalue weighted by molar-refractivity contribution is 7.91. The number of hydrogen-bond acceptors (Lipinski definition) is 4. The summed E-state index contributed by atoms with van der Waals surface area (Å²) >= 11 is 0. The molecule has 1 saturated heterocycles. The van der Waals surface area contributed by atoms with Crippen LogP contribution >= 0.6 is 0 Å². The first kappa shape index (κ1) is 10.2. The Morgan fingerprint density at radius 3 is 2.46 bits per heavy atom. The van der Waals surface area contributed by atoms with Gasteiger partial charge in [-0.15, -0.1) is 0 Å². The molecule has 0 saturated carbocycles. The Bertz CT molecular complexity index is 324. The molecule has 0 N–H and O–H groups in total.